The lowest BCUT2D eigenvalue weighted by atomic mass is 9.92. The van der Waals surface area contributed by atoms with Crippen LogP contribution in [0.25, 0.3) is 22.3 Å². The summed E-state index contributed by atoms with van der Waals surface area (Å²) in [4.78, 5) is 0. The molecule has 0 saturated carbocycles. The monoisotopic (exact) mass is 564 g/mol. The second kappa shape index (κ2) is 10.4. The van der Waals surface area contributed by atoms with Gasteiger partial charge in [0, 0.05) is 10.4 Å². The quantitative estimate of drug-likeness (QED) is 0.293. The molecule has 40 heavy (non-hydrogen) atoms. The third kappa shape index (κ3) is 5.16. The number of nitriles is 4. The lowest BCUT2D eigenvalue weighted by Crippen LogP contribution is -2.19. The van der Waals surface area contributed by atoms with Crippen molar-refractivity contribution in [3.63, 3.8) is 0 Å². The Kier molecular flexibility index (Phi) is 7.62. The SMILES string of the molecule is N#CC(C#N)=c1cc/c(=C(/C#N)c2c(F)c(F)c(C#N)c(F)c2F)c(-c2cc(C(F)(F)F)cc(C(F)(F)F)c2)c1. The second-order valence-corrected chi connectivity index (χ2v) is 7.76. The maximum Gasteiger partial charge on any atom is 0.416 e. The van der Waals surface area contributed by atoms with Crippen LogP contribution < -0.4 is 10.4 Å². The van der Waals surface area contributed by atoms with Crippen LogP contribution in [-0.2, 0) is 12.4 Å². The van der Waals surface area contributed by atoms with E-state index in [4.69, 9.17) is 15.8 Å². The first-order valence-electron chi connectivity index (χ1n) is 10.3. The van der Waals surface area contributed by atoms with Crippen LogP contribution in [0.3, 0.4) is 0 Å². The first-order chi connectivity index (χ1) is 18.6. The molecule has 0 unspecified atom stereocenters. The van der Waals surface area contributed by atoms with E-state index in [1.807, 2.05) is 0 Å². The van der Waals surface area contributed by atoms with Crippen LogP contribution in [0.2, 0.25) is 0 Å². The van der Waals surface area contributed by atoms with Gasteiger partial charge in [0.2, 0.25) is 0 Å². The van der Waals surface area contributed by atoms with E-state index in [0.717, 1.165) is 12.1 Å². The molecule has 0 aliphatic rings. The largest absolute Gasteiger partial charge is 0.416 e. The number of halogens is 10. The zero-order chi connectivity index (χ0) is 30.2. The van der Waals surface area contributed by atoms with Crippen LogP contribution in [0.5, 0.6) is 0 Å². The topological polar surface area (TPSA) is 95.2 Å². The first kappa shape index (κ1) is 29.2. The molecule has 0 atom stereocenters. The highest BCUT2D eigenvalue weighted by molar-refractivity contribution is 5.83. The van der Waals surface area contributed by atoms with Gasteiger partial charge in [-0.2, -0.15) is 47.4 Å². The zero-order valence-electron chi connectivity index (χ0n) is 19.0. The molecule has 0 aromatic heterocycles. The van der Waals surface area contributed by atoms with Crippen molar-refractivity contribution in [2.45, 2.75) is 12.4 Å². The van der Waals surface area contributed by atoms with E-state index in [1.165, 1.54) is 18.2 Å². The summed E-state index contributed by atoms with van der Waals surface area (Å²) < 4.78 is 139. The van der Waals surface area contributed by atoms with Crippen molar-refractivity contribution >= 4 is 11.1 Å². The van der Waals surface area contributed by atoms with Crippen LogP contribution in [-0.4, -0.2) is 0 Å². The lowest BCUT2D eigenvalue weighted by molar-refractivity contribution is -0.143. The van der Waals surface area contributed by atoms with Crippen molar-refractivity contribution in [3.05, 3.63) is 92.4 Å². The van der Waals surface area contributed by atoms with Crippen molar-refractivity contribution in [1.82, 2.24) is 0 Å². The Morgan fingerprint density at radius 3 is 1.52 bits per heavy atom. The van der Waals surface area contributed by atoms with E-state index >= 15 is 0 Å². The highest BCUT2D eigenvalue weighted by Gasteiger charge is 2.37. The van der Waals surface area contributed by atoms with Crippen molar-refractivity contribution < 1.29 is 43.9 Å². The average molecular weight is 564 g/mol. The molecule has 3 aromatic carbocycles. The summed E-state index contributed by atoms with van der Waals surface area (Å²) in [6, 6.07) is 7.39. The molecule has 0 amide bonds. The highest BCUT2D eigenvalue weighted by atomic mass is 19.4. The maximum absolute atomic E-state index is 14.8. The summed E-state index contributed by atoms with van der Waals surface area (Å²) in [5, 5.41) is 35.6. The molecule has 0 spiro atoms. The second-order valence-electron chi connectivity index (χ2n) is 7.76. The van der Waals surface area contributed by atoms with Gasteiger partial charge in [-0.15, -0.1) is 0 Å². The number of hydrogen-bond acceptors (Lipinski definition) is 4. The van der Waals surface area contributed by atoms with Crippen molar-refractivity contribution in [2.75, 3.05) is 0 Å². The van der Waals surface area contributed by atoms with Crippen molar-refractivity contribution in [1.29, 1.82) is 21.0 Å². The molecule has 0 aliphatic carbocycles. The molecule has 0 aliphatic heterocycles. The molecule has 0 N–H and O–H groups in total. The van der Waals surface area contributed by atoms with Gasteiger partial charge in [-0.3, -0.25) is 0 Å². The van der Waals surface area contributed by atoms with Gasteiger partial charge in [0.15, 0.2) is 23.3 Å². The van der Waals surface area contributed by atoms with E-state index in [0.29, 0.717) is 12.1 Å². The number of alkyl halides is 6. The number of rotatable bonds is 2. The third-order valence-electron chi connectivity index (χ3n) is 5.44. The number of hydrogen-bond donors (Lipinski definition) is 0. The zero-order valence-corrected chi connectivity index (χ0v) is 19.0. The Morgan fingerprint density at radius 1 is 0.625 bits per heavy atom. The molecular formula is C26H6F10N4. The molecule has 0 fully saturated rings. The molecule has 0 radical (unpaired) electrons. The van der Waals surface area contributed by atoms with Crippen LogP contribution in [0.4, 0.5) is 43.9 Å². The normalized spacial score (nSPS) is 12.1. The smallest absolute Gasteiger partial charge is 0.203 e. The summed E-state index contributed by atoms with van der Waals surface area (Å²) in [7, 11) is 0. The number of nitrogens with zero attached hydrogens (tertiary/aromatic N) is 4. The Balaban J connectivity index is 2.70. The standard InChI is InChI=1S/C26H6F10N4/c27-21-19(10-40)22(28)24(30)20(23(21)29)18(9-39)16-2-1-11(13(7-37)8-38)5-17(16)12-3-14(25(31,32)33)6-15(4-12)26(34,35)36/h1-6H/b18-16+. The first-order valence-corrected chi connectivity index (χ1v) is 10.3. The Morgan fingerprint density at radius 2 is 1.12 bits per heavy atom. The highest BCUT2D eigenvalue weighted by Crippen LogP contribution is 2.38. The van der Waals surface area contributed by atoms with Gasteiger partial charge in [0.25, 0.3) is 0 Å². The maximum atomic E-state index is 14.8. The molecule has 3 rings (SSSR count). The summed E-state index contributed by atoms with van der Waals surface area (Å²) in [6.45, 7) is 0. The van der Waals surface area contributed by atoms with Gasteiger partial charge in [-0.1, -0.05) is 12.1 Å². The molecule has 4 nitrogen and oxygen atoms in total. The minimum Gasteiger partial charge on any atom is -0.203 e. The van der Waals surface area contributed by atoms with Gasteiger partial charge in [0.1, 0.15) is 35.4 Å². The van der Waals surface area contributed by atoms with Crippen molar-refractivity contribution in [3.8, 4) is 35.4 Å². The predicted molar refractivity (Wildman–Crippen MR) is 115 cm³/mol. The van der Waals surface area contributed by atoms with E-state index in [9.17, 15) is 49.2 Å². The summed E-state index contributed by atoms with van der Waals surface area (Å²) >= 11 is 0. The van der Waals surface area contributed by atoms with Crippen LogP contribution in [0.15, 0.2) is 36.4 Å². The predicted octanol–water partition coefficient (Wildman–Crippen LogP) is 5.74. The molecule has 200 valence electrons. The Labute approximate surface area is 216 Å². The van der Waals surface area contributed by atoms with Crippen molar-refractivity contribution in [2.24, 2.45) is 0 Å². The van der Waals surface area contributed by atoms with Gasteiger partial charge in [-0.25, -0.2) is 17.6 Å². The fourth-order valence-electron chi connectivity index (χ4n) is 3.62. The Bertz CT molecular complexity index is 1780. The summed E-state index contributed by atoms with van der Waals surface area (Å²) in [5.74, 6) is -8.93. The van der Waals surface area contributed by atoms with Crippen LogP contribution >= 0.6 is 0 Å². The minimum absolute atomic E-state index is 0.192. The van der Waals surface area contributed by atoms with E-state index in [2.05, 4.69) is 0 Å². The fraction of sp³-hybridized carbons (Fsp3) is 0.0769. The number of benzene rings is 3. The summed E-state index contributed by atoms with van der Waals surface area (Å²) in [6.07, 6.45) is -10.7. The van der Waals surface area contributed by atoms with Gasteiger partial charge >= 0.3 is 12.4 Å². The van der Waals surface area contributed by atoms with E-state index in [-0.39, 0.29) is 23.4 Å². The van der Waals surface area contributed by atoms with Crippen LogP contribution in [0, 0.1) is 68.6 Å². The molecule has 0 bridgehead atoms. The van der Waals surface area contributed by atoms with Gasteiger partial charge in [-0.05, 0) is 35.4 Å². The lowest BCUT2D eigenvalue weighted by Gasteiger charge is -2.15. The van der Waals surface area contributed by atoms with E-state index < -0.39 is 85.4 Å². The van der Waals surface area contributed by atoms with E-state index in [1.54, 1.807) is 0 Å². The van der Waals surface area contributed by atoms with Crippen LogP contribution in [0.1, 0.15) is 22.3 Å². The summed E-state index contributed by atoms with van der Waals surface area (Å²) in [5.41, 5.74) is -10.8. The molecular weight excluding hydrogens is 558 g/mol. The Hall–Kier alpha value is -5.34. The molecule has 0 heterocycles. The minimum atomic E-state index is -5.34. The average Bonchev–Trinajstić information content (AvgIpc) is 2.90. The molecule has 14 heteroatoms. The van der Waals surface area contributed by atoms with Gasteiger partial charge < -0.3 is 0 Å². The third-order valence-corrected chi connectivity index (χ3v) is 5.44. The van der Waals surface area contributed by atoms with Gasteiger partial charge in [0.05, 0.1) is 22.3 Å². The molecule has 0 saturated heterocycles. The fourth-order valence-corrected chi connectivity index (χ4v) is 3.62. The molecule has 3 aromatic rings.